The van der Waals surface area contributed by atoms with Gasteiger partial charge in [-0.15, -0.1) is 0 Å². The van der Waals surface area contributed by atoms with Crippen molar-refractivity contribution in [2.75, 3.05) is 6.54 Å². The number of rotatable bonds is 3. The van der Waals surface area contributed by atoms with Gasteiger partial charge in [0.2, 0.25) is 5.91 Å². The Morgan fingerprint density at radius 2 is 2.46 bits per heavy atom. The second kappa shape index (κ2) is 4.04. The molecule has 0 fully saturated rings. The molecular formula is C8H14N4O. The number of hydrogen-bond donors (Lipinski definition) is 2. The molecular weight excluding hydrogens is 168 g/mol. The number of carbonyl (C=O) groups is 1. The van der Waals surface area contributed by atoms with Crippen LogP contribution in [0.4, 0.5) is 0 Å². The molecule has 0 unspecified atom stereocenters. The summed E-state index contributed by atoms with van der Waals surface area (Å²) in [5.41, 5.74) is 7.22. The maximum Gasteiger partial charge on any atom is 0.234 e. The Kier molecular flexibility index (Phi) is 3.02. The van der Waals surface area contributed by atoms with Gasteiger partial charge in [0.1, 0.15) is 0 Å². The highest BCUT2D eigenvalue weighted by atomic mass is 16.1. The van der Waals surface area contributed by atoms with E-state index in [1.165, 1.54) is 0 Å². The van der Waals surface area contributed by atoms with Crippen molar-refractivity contribution in [1.82, 2.24) is 15.1 Å². The van der Waals surface area contributed by atoms with Crippen LogP contribution in [0.5, 0.6) is 0 Å². The molecule has 1 aromatic heterocycles. The van der Waals surface area contributed by atoms with Crippen LogP contribution in [0.2, 0.25) is 0 Å². The lowest BCUT2D eigenvalue weighted by molar-refractivity contribution is -0.119. The van der Waals surface area contributed by atoms with Crippen molar-refractivity contribution in [2.45, 2.75) is 13.5 Å². The average molecular weight is 182 g/mol. The molecule has 13 heavy (non-hydrogen) atoms. The van der Waals surface area contributed by atoms with E-state index < -0.39 is 0 Å². The number of aromatic nitrogens is 2. The normalized spacial score (nSPS) is 10.1. The SMILES string of the molecule is Cc1c(CNC(=O)CN)cnn1C. The van der Waals surface area contributed by atoms with Gasteiger partial charge < -0.3 is 11.1 Å². The van der Waals surface area contributed by atoms with E-state index in [4.69, 9.17) is 5.73 Å². The number of nitrogens with two attached hydrogens (primary N) is 1. The van der Waals surface area contributed by atoms with Crippen LogP contribution >= 0.6 is 0 Å². The average Bonchev–Trinajstić information content (AvgIpc) is 2.44. The second-order valence-corrected chi connectivity index (χ2v) is 2.86. The fourth-order valence-corrected chi connectivity index (χ4v) is 0.984. The Hall–Kier alpha value is -1.36. The number of amides is 1. The summed E-state index contributed by atoms with van der Waals surface area (Å²) < 4.78 is 1.77. The van der Waals surface area contributed by atoms with Gasteiger partial charge in [0.25, 0.3) is 0 Å². The molecule has 1 heterocycles. The zero-order chi connectivity index (χ0) is 9.84. The Bertz CT molecular complexity index is 305. The Morgan fingerprint density at radius 1 is 1.77 bits per heavy atom. The number of carbonyl (C=O) groups excluding carboxylic acids is 1. The molecule has 0 spiro atoms. The third-order valence-electron chi connectivity index (χ3n) is 2.00. The maximum atomic E-state index is 10.8. The molecule has 1 amide bonds. The Balaban J connectivity index is 2.55. The summed E-state index contributed by atoms with van der Waals surface area (Å²) in [4.78, 5) is 10.8. The summed E-state index contributed by atoms with van der Waals surface area (Å²) in [6.07, 6.45) is 1.74. The van der Waals surface area contributed by atoms with E-state index in [9.17, 15) is 4.79 Å². The first kappa shape index (κ1) is 9.73. The van der Waals surface area contributed by atoms with Gasteiger partial charge in [-0.25, -0.2) is 0 Å². The van der Waals surface area contributed by atoms with Crippen molar-refractivity contribution < 1.29 is 4.79 Å². The molecule has 0 bridgehead atoms. The molecule has 1 rings (SSSR count). The maximum absolute atomic E-state index is 10.8. The Labute approximate surface area is 76.9 Å². The van der Waals surface area contributed by atoms with Crippen molar-refractivity contribution in [2.24, 2.45) is 12.8 Å². The lowest BCUT2D eigenvalue weighted by atomic mass is 10.2. The van der Waals surface area contributed by atoms with Crippen molar-refractivity contribution in [3.05, 3.63) is 17.5 Å². The molecule has 0 aliphatic heterocycles. The standard InChI is InChI=1S/C8H14N4O/c1-6-7(5-11-12(6)2)4-10-8(13)3-9/h5H,3-4,9H2,1-2H3,(H,10,13). The van der Waals surface area contributed by atoms with Crippen LogP contribution in [-0.4, -0.2) is 22.2 Å². The first-order valence-corrected chi connectivity index (χ1v) is 4.09. The molecule has 0 atom stereocenters. The third-order valence-corrected chi connectivity index (χ3v) is 2.00. The van der Waals surface area contributed by atoms with E-state index in [1.54, 1.807) is 10.9 Å². The molecule has 0 aliphatic rings. The summed E-state index contributed by atoms with van der Waals surface area (Å²) in [7, 11) is 1.86. The lowest BCUT2D eigenvalue weighted by Gasteiger charge is -2.02. The van der Waals surface area contributed by atoms with Crippen LogP contribution in [0, 0.1) is 6.92 Å². The monoisotopic (exact) mass is 182 g/mol. The van der Waals surface area contributed by atoms with E-state index >= 15 is 0 Å². The predicted octanol–water partition coefficient (Wildman–Crippen LogP) is -0.697. The topological polar surface area (TPSA) is 72.9 Å². The minimum atomic E-state index is -0.150. The van der Waals surface area contributed by atoms with Crippen molar-refractivity contribution in [3.63, 3.8) is 0 Å². The quantitative estimate of drug-likeness (QED) is 0.649. The minimum absolute atomic E-state index is 0.0271. The largest absolute Gasteiger partial charge is 0.351 e. The van der Waals surface area contributed by atoms with Crippen molar-refractivity contribution in [1.29, 1.82) is 0 Å². The molecule has 0 saturated carbocycles. The van der Waals surface area contributed by atoms with Crippen LogP contribution < -0.4 is 11.1 Å². The van der Waals surface area contributed by atoms with Crippen LogP contribution in [0.15, 0.2) is 6.20 Å². The summed E-state index contributed by atoms with van der Waals surface area (Å²) in [6.45, 7) is 2.48. The highest BCUT2D eigenvalue weighted by Gasteiger charge is 2.04. The number of hydrogen-bond acceptors (Lipinski definition) is 3. The molecule has 0 aromatic carbocycles. The first-order chi connectivity index (χ1) is 6.15. The van der Waals surface area contributed by atoms with Gasteiger partial charge in [-0.05, 0) is 6.92 Å². The van der Waals surface area contributed by atoms with Gasteiger partial charge in [0.05, 0.1) is 12.7 Å². The van der Waals surface area contributed by atoms with Gasteiger partial charge in [0.15, 0.2) is 0 Å². The van der Waals surface area contributed by atoms with Crippen LogP contribution in [-0.2, 0) is 18.4 Å². The van der Waals surface area contributed by atoms with Crippen LogP contribution in [0.25, 0.3) is 0 Å². The fraction of sp³-hybridized carbons (Fsp3) is 0.500. The molecule has 0 aliphatic carbocycles. The van der Waals surface area contributed by atoms with Crippen molar-refractivity contribution >= 4 is 5.91 Å². The molecule has 3 N–H and O–H groups in total. The van der Waals surface area contributed by atoms with Crippen LogP contribution in [0.1, 0.15) is 11.3 Å². The highest BCUT2D eigenvalue weighted by Crippen LogP contribution is 2.04. The van der Waals surface area contributed by atoms with Gasteiger partial charge in [-0.3, -0.25) is 9.48 Å². The number of nitrogens with one attached hydrogen (secondary N) is 1. The van der Waals surface area contributed by atoms with Crippen molar-refractivity contribution in [3.8, 4) is 0 Å². The summed E-state index contributed by atoms with van der Waals surface area (Å²) >= 11 is 0. The zero-order valence-corrected chi connectivity index (χ0v) is 7.87. The first-order valence-electron chi connectivity index (χ1n) is 4.09. The van der Waals surface area contributed by atoms with E-state index in [2.05, 4.69) is 10.4 Å². The highest BCUT2D eigenvalue weighted by molar-refractivity contribution is 5.77. The van der Waals surface area contributed by atoms with Gasteiger partial charge >= 0.3 is 0 Å². The molecule has 1 aromatic rings. The minimum Gasteiger partial charge on any atom is -0.351 e. The molecule has 5 nitrogen and oxygen atoms in total. The molecule has 72 valence electrons. The third kappa shape index (κ3) is 2.29. The van der Waals surface area contributed by atoms with Gasteiger partial charge in [-0.2, -0.15) is 5.10 Å². The van der Waals surface area contributed by atoms with Gasteiger partial charge in [0, 0.05) is 24.8 Å². The summed E-state index contributed by atoms with van der Waals surface area (Å²) in [5, 5.41) is 6.74. The molecule has 0 radical (unpaired) electrons. The molecule has 5 heteroatoms. The lowest BCUT2D eigenvalue weighted by Crippen LogP contribution is -2.29. The van der Waals surface area contributed by atoms with Gasteiger partial charge in [-0.1, -0.05) is 0 Å². The fourth-order valence-electron chi connectivity index (χ4n) is 0.984. The van der Waals surface area contributed by atoms with E-state index in [1.807, 2.05) is 14.0 Å². The Morgan fingerprint density at radius 3 is 2.92 bits per heavy atom. The predicted molar refractivity (Wildman–Crippen MR) is 48.8 cm³/mol. The number of aryl methyl sites for hydroxylation is 1. The number of nitrogens with zero attached hydrogens (tertiary/aromatic N) is 2. The smallest absolute Gasteiger partial charge is 0.234 e. The molecule has 0 saturated heterocycles. The van der Waals surface area contributed by atoms with Crippen LogP contribution in [0.3, 0.4) is 0 Å². The van der Waals surface area contributed by atoms with E-state index in [0.717, 1.165) is 11.3 Å². The van der Waals surface area contributed by atoms with E-state index in [-0.39, 0.29) is 12.5 Å². The summed E-state index contributed by atoms with van der Waals surface area (Å²) in [6, 6.07) is 0. The second-order valence-electron chi connectivity index (χ2n) is 2.86. The zero-order valence-electron chi connectivity index (χ0n) is 7.87. The van der Waals surface area contributed by atoms with E-state index in [0.29, 0.717) is 6.54 Å². The summed E-state index contributed by atoms with van der Waals surface area (Å²) in [5.74, 6) is -0.150.